The van der Waals surface area contributed by atoms with E-state index in [0.717, 1.165) is 19.3 Å². The molecular weight excluding hydrogens is 396 g/mol. The van der Waals surface area contributed by atoms with E-state index >= 15 is 0 Å². The van der Waals surface area contributed by atoms with Gasteiger partial charge in [0.05, 0.1) is 0 Å². The SMILES string of the molecule is CCCCCCCCCO[C@@H]1O[C@H](COC(C)=O)[C@@H](O)[C@H](OC(C)=O)[C@H]1OC(C)=O. The fourth-order valence-electron chi connectivity index (χ4n) is 3.26. The number of ether oxygens (including phenoxy) is 5. The van der Waals surface area contributed by atoms with E-state index in [9.17, 15) is 19.5 Å². The van der Waals surface area contributed by atoms with Crippen molar-refractivity contribution >= 4 is 17.9 Å². The van der Waals surface area contributed by atoms with E-state index in [1.165, 1.54) is 46.5 Å². The molecule has 0 aliphatic carbocycles. The molecule has 0 aromatic carbocycles. The molecule has 30 heavy (non-hydrogen) atoms. The standard InChI is InChI=1S/C21H36O9/c1-5-6-7-8-9-10-11-12-26-21-20(29-16(4)24)19(28-15(3)23)18(25)17(30-21)13-27-14(2)22/h17-21,25H,5-13H2,1-4H3/t17-,18-,19+,20-,21-/m1/s1. The topological polar surface area (TPSA) is 118 Å². The zero-order valence-electron chi connectivity index (χ0n) is 18.5. The lowest BCUT2D eigenvalue weighted by Crippen LogP contribution is -2.61. The second-order valence-electron chi connectivity index (χ2n) is 7.48. The van der Waals surface area contributed by atoms with Gasteiger partial charge < -0.3 is 28.8 Å². The molecule has 1 aliphatic rings. The third-order valence-corrected chi connectivity index (χ3v) is 4.70. The molecule has 0 spiro atoms. The van der Waals surface area contributed by atoms with E-state index in [4.69, 9.17) is 23.7 Å². The molecule has 1 aliphatic heterocycles. The second-order valence-corrected chi connectivity index (χ2v) is 7.48. The van der Waals surface area contributed by atoms with Crippen molar-refractivity contribution in [2.24, 2.45) is 0 Å². The zero-order valence-corrected chi connectivity index (χ0v) is 18.5. The van der Waals surface area contributed by atoms with E-state index in [1.54, 1.807) is 0 Å². The van der Waals surface area contributed by atoms with Crippen molar-refractivity contribution in [1.82, 2.24) is 0 Å². The first kappa shape index (κ1) is 26.3. The Labute approximate surface area is 178 Å². The van der Waals surface area contributed by atoms with Gasteiger partial charge in [-0.3, -0.25) is 14.4 Å². The highest BCUT2D eigenvalue weighted by Crippen LogP contribution is 2.28. The van der Waals surface area contributed by atoms with Gasteiger partial charge in [-0.1, -0.05) is 45.4 Å². The molecule has 0 radical (unpaired) electrons. The van der Waals surface area contributed by atoms with Crippen LogP contribution in [0.4, 0.5) is 0 Å². The maximum absolute atomic E-state index is 11.6. The summed E-state index contributed by atoms with van der Waals surface area (Å²) in [6.07, 6.45) is 1.93. The fourth-order valence-corrected chi connectivity index (χ4v) is 3.26. The van der Waals surface area contributed by atoms with Gasteiger partial charge in [0.2, 0.25) is 0 Å². The first-order valence-corrected chi connectivity index (χ1v) is 10.7. The van der Waals surface area contributed by atoms with Crippen LogP contribution < -0.4 is 0 Å². The summed E-state index contributed by atoms with van der Waals surface area (Å²) in [4.78, 5) is 34.2. The molecule has 0 unspecified atom stereocenters. The summed E-state index contributed by atoms with van der Waals surface area (Å²) < 4.78 is 26.9. The Bertz CT molecular complexity index is 537. The number of rotatable bonds is 13. The van der Waals surface area contributed by atoms with Crippen molar-refractivity contribution in [1.29, 1.82) is 0 Å². The molecule has 0 amide bonds. The van der Waals surface area contributed by atoms with Gasteiger partial charge in [0.15, 0.2) is 18.5 Å². The molecule has 1 fully saturated rings. The molecule has 0 saturated carbocycles. The van der Waals surface area contributed by atoms with Gasteiger partial charge in [-0.15, -0.1) is 0 Å². The van der Waals surface area contributed by atoms with Crippen LogP contribution in [-0.2, 0) is 38.1 Å². The minimum atomic E-state index is -1.36. The monoisotopic (exact) mass is 432 g/mol. The summed E-state index contributed by atoms with van der Waals surface area (Å²) in [5.41, 5.74) is 0. The lowest BCUT2D eigenvalue weighted by molar-refractivity contribution is -0.306. The maximum atomic E-state index is 11.6. The van der Waals surface area contributed by atoms with Gasteiger partial charge in [0.1, 0.15) is 18.8 Å². The first-order valence-electron chi connectivity index (χ1n) is 10.7. The third-order valence-electron chi connectivity index (χ3n) is 4.70. The summed E-state index contributed by atoms with van der Waals surface area (Å²) in [6.45, 7) is 5.89. The highest BCUT2D eigenvalue weighted by Gasteiger charge is 2.50. The number of hydrogen-bond acceptors (Lipinski definition) is 9. The van der Waals surface area contributed by atoms with Gasteiger partial charge in [-0.05, 0) is 6.42 Å². The summed E-state index contributed by atoms with van der Waals surface area (Å²) in [7, 11) is 0. The Balaban J connectivity index is 2.74. The summed E-state index contributed by atoms with van der Waals surface area (Å²) in [6, 6.07) is 0. The van der Waals surface area contributed by atoms with Gasteiger partial charge in [-0.2, -0.15) is 0 Å². The Morgan fingerprint density at radius 1 is 0.833 bits per heavy atom. The predicted octanol–water partition coefficient (Wildman–Crippen LogP) is 2.27. The van der Waals surface area contributed by atoms with Crippen molar-refractivity contribution in [3.8, 4) is 0 Å². The summed E-state index contributed by atoms with van der Waals surface area (Å²) in [5, 5.41) is 10.6. The molecular formula is C21H36O9. The van der Waals surface area contributed by atoms with Crippen molar-refractivity contribution < 1.29 is 43.2 Å². The molecule has 9 nitrogen and oxygen atoms in total. The lowest BCUT2D eigenvalue weighted by atomic mass is 9.98. The van der Waals surface area contributed by atoms with Crippen LogP contribution in [0.2, 0.25) is 0 Å². The average molecular weight is 433 g/mol. The Kier molecular flexibility index (Phi) is 12.6. The molecule has 174 valence electrons. The lowest BCUT2D eigenvalue weighted by Gasteiger charge is -2.42. The van der Waals surface area contributed by atoms with E-state index in [2.05, 4.69) is 6.92 Å². The summed E-state index contributed by atoms with van der Waals surface area (Å²) >= 11 is 0. The van der Waals surface area contributed by atoms with Crippen LogP contribution in [-0.4, -0.2) is 66.9 Å². The fraction of sp³-hybridized carbons (Fsp3) is 0.857. The molecule has 0 bridgehead atoms. The average Bonchev–Trinajstić information content (AvgIpc) is 2.66. The molecule has 1 N–H and O–H groups in total. The van der Waals surface area contributed by atoms with Crippen LogP contribution in [0.3, 0.4) is 0 Å². The number of carbonyl (C=O) groups excluding carboxylic acids is 3. The number of carbonyl (C=O) groups is 3. The van der Waals surface area contributed by atoms with Crippen LogP contribution in [0.15, 0.2) is 0 Å². The maximum Gasteiger partial charge on any atom is 0.303 e. The van der Waals surface area contributed by atoms with Crippen molar-refractivity contribution in [3.05, 3.63) is 0 Å². The third kappa shape index (κ3) is 9.86. The van der Waals surface area contributed by atoms with E-state index in [0.29, 0.717) is 6.61 Å². The molecule has 9 heteroatoms. The second kappa shape index (κ2) is 14.3. The highest BCUT2D eigenvalue weighted by molar-refractivity contribution is 5.67. The van der Waals surface area contributed by atoms with Gasteiger partial charge in [-0.25, -0.2) is 0 Å². The van der Waals surface area contributed by atoms with E-state index < -0.39 is 48.6 Å². The largest absolute Gasteiger partial charge is 0.463 e. The molecule has 1 saturated heterocycles. The molecule has 0 aromatic rings. The van der Waals surface area contributed by atoms with Gasteiger partial charge in [0, 0.05) is 27.4 Å². The predicted molar refractivity (Wildman–Crippen MR) is 106 cm³/mol. The summed E-state index contributed by atoms with van der Waals surface area (Å²) in [5.74, 6) is -1.83. The zero-order chi connectivity index (χ0) is 22.5. The Hall–Kier alpha value is -1.71. The number of esters is 3. The van der Waals surface area contributed by atoms with Crippen molar-refractivity contribution in [2.75, 3.05) is 13.2 Å². The smallest absolute Gasteiger partial charge is 0.303 e. The van der Waals surface area contributed by atoms with Crippen molar-refractivity contribution in [2.45, 2.75) is 103 Å². The number of hydrogen-bond donors (Lipinski definition) is 1. The van der Waals surface area contributed by atoms with E-state index in [-0.39, 0.29) is 6.61 Å². The van der Waals surface area contributed by atoms with Crippen LogP contribution >= 0.6 is 0 Å². The normalized spacial score (nSPS) is 26.1. The number of aliphatic hydroxyl groups excluding tert-OH is 1. The minimum Gasteiger partial charge on any atom is -0.463 e. The van der Waals surface area contributed by atoms with E-state index in [1.807, 2.05) is 0 Å². The van der Waals surface area contributed by atoms with Crippen LogP contribution in [0, 0.1) is 0 Å². The molecule has 0 aromatic heterocycles. The van der Waals surface area contributed by atoms with Crippen LogP contribution in [0.5, 0.6) is 0 Å². The Morgan fingerprint density at radius 2 is 1.40 bits per heavy atom. The number of aliphatic hydroxyl groups is 1. The first-order chi connectivity index (χ1) is 14.3. The van der Waals surface area contributed by atoms with Crippen LogP contribution in [0.1, 0.15) is 72.6 Å². The van der Waals surface area contributed by atoms with Crippen molar-refractivity contribution in [3.63, 3.8) is 0 Å². The molecule has 1 rings (SSSR count). The highest BCUT2D eigenvalue weighted by atomic mass is 16.7. The Morgan fingerprint density at radius 3 is 1.97 bits per heavy atom. The minimum absolute atomic E-state index is 0.252. The van der Waals surface area contributed by atoms with Crippen LogP contribution in [0.25, 0.3) is 0 Å². The number of unbranched alkanes of at least 4 members (excludes halogenated alkanes) is 6. The van der Waals surface area contributed by atoms with Gasteiger partial charge in [0.25, 0.3) is 0 Å². The van der Waals surface area contributed by atoms with Gasteiger partial charge >= 0.3 is 17.9 Å². The molecule has 1 heterocycles. The quantitative estimate of drug-likeness (QED) is 0.266. The molecule has 5 atom stereocenters.